The molecule has 2 aromatic rings. The Kier molecular flexibility index (Phi) is 4.78. The molecule has 0 aromatic heterocycles. The zero-order chi connectivity index (χ0) is 25.8. The van der Waals surface area contributed by atoms with E-state index < -0.39 is 0 Å². The van der Waals surface area contributed by atoms with Crippen LogP contribution in [0.15, 0.2) is 88.1 Å². The van der Waals surface area contributed by atoms with Crippen LogP contribution in [0.3, 0.4) is 0 Å². The van der Waals surface area contributed by atoms with Gasteiger partial charge in [0.2, 0.25) is 0 Å². The van der Waals surface area contributed by atoms with Crippen molar-refractivity contribution >= 4 is 28.5 Å². The SMILES string of the molecule is C=C1C2=C(C=CCC2)C2(C(C)=C(CC)C3=C2C=C(c2ccc4ccc5c6c4c2=CCC6CCC=5)CC3)C1C. The summed E-state index contributed by atoms with van der Waals surface area (Å²) in [6, 6.07) is 9.57. The summed E-state index contributed by atoms with van der Waals surface area (Å²) in [7, 11) is 0. The second-order valence-corrected chi connectivity index (χ2v) is 12.5. The van der Waals surface area contributed by atoms with E-state index >= 15 is 0 Å². The Morgan fingerprint density at radius 3 is 2.71 bits per heavy atom. The molecule has 6 aliphatic carbocycles. The summed E-state index contributed by atoms with van der Waals surface area (Å²) in [5.41, 5.74) is 15.6. The van der Waals surface area contributed by atoms with Crippen molar-refractivity contribution in [3.05, 3.63) is 110 Å². The molecule has 0 radical (unpaired) electrons. The molecule has 1 spiro atoms. The number of allylic oxidation sites excluding steroid dienone is 11. The van der Waals surface area contributed by atoms with Gasteiger partial charge in [-0.15, -0.1) is 0 Å². The predicted molar refractivity (Wildman–Crippen MR) is 162 cm³/mol. The molecule has 3 atom stereocenters. The lowest BCUT2D eigenvalue weighted by molar-refractivity contribution is 0.429. The zero-order valence-electron chi connectivity index (χ0n) is 23.2. The molecule has 0 fully saturated rings. The molecule has 8 rings (SSSR count). The molecule has 0 heterocycles. The fourth-order valence-electron chi connectivity index (χ4n) is 9.46. The average molecular weight is 495 g/mol. The molecule has 0 saturated heterocycles. The summed E-state index contributed by atoms with van der Waals surface area (Å²) in [5, 5.41) is 5.96. The van der Waals surface area contributed by atoms with Gasteiger partial charge in [-0.1, -0.05) is 80.6 Å². The van der Waals surface area contributed by atoms with Crippen LogP contribution in [0.1, 0.15) is 89.2 Å². The van der Waals surface area contributed by atoms with Crippen LogP contribution in [0.4, 0.5) is 0 Å². The Morgan fingerprint density at radius 1 is 0.974 bits per heavy atom. The Morgan fingerprint density at radius 2 is 1.84 bits per heavy atom. The van der Waals surface area contributed by atoms with Gasteiger partial charge in [0.15, 0.2) is 0 Å². The van der Waals surface area contributed by atoms with Gasteiger partial charge in [0.1, 0.15) is 0 Å². The second kappa shape index (κ2) is 7.95. The lowest BCUT2D eigenvalue weighted by Gasteiger charge is -2.38. The first-order valence-electron chi connectivity index (χ1n) is 15.1. The lowest BCUT2D eigenvalue weighted by atomic mass is 9.64. The molecule has 3 unspecified atom stereocenters. The number of hydrogen-bond donors (Lipinski definition) is 0. The highest BCUT2D eigenvalue weighted by Crippen LogP contribution is 2.66. The quantitative estimate of drug-likeness (QED) is 0.391. The van der Waals surface area contributed by atoms with Gasteiger partial charge in [0.25, 0.3) is 0 Å². The van der Waals surface area contributed by atoms with Gasteiger partial charge in [-0.25, -0.2) is 0 Å². The number of fused-ring (bicyclic) bond motifs is 2. The predicted octanol–water partition coefficient (Wildman–Crippen LogP) is 8.73. The maximum Gasteiger partial charge on any atom is 0.0485 e. The third-order valence-electron chi connectivity index (χ3n) is 11.2. The Labute approximate surface area is 227 Å². The van der Waals surface area contributed by atoms with Gasteiger partial charge < -0.3 is 0 Å². The third-order valence-corrected chi connectivity index (χ3v) is 11.2. The molecule has 0 saturated carbocycles. The van der Waals surface area contributed by atoms with E-state index in [-0.39, 0.29) is 5.41 Å². The van der Waals surface area contributed by atoms with Crippen molar-refractivity contribution in [3.63, 3.8) is 0 Å². The van der Waals surface area contributed by atoms with Crippen molar-refractivity contribution in [3.8, 4) is 0 Å². The van der Waals surface area contributed by atoms with Crippen molar-refractivity contribution < 1.29 is 0 Å². The molecule has 6 aliphatic rings. The minimum Gasteiger partial charge on any atom is -0.0952 e. The molecule has 0 amide bonds. The highest BCUT2D eigenvalue weighted by atomic mass is 14.6. The highest BCUT2D eigenvalue weighted by molar-refractivity contribution is 5.93. The summed E-state index contributed by atoms with van der Waals surface area (Å²) in [5.74, 6) is 1.12. The summed E-state index contributed by atoms with van der Waals surface area (Å²) >= 11 is 0. The van der Waals surface area contributed by atoms with Crippen LogP contribution in [-0.4, -0.2) is 0 Å². The van der Waals surface area contributed by atoms with Crippen molar-refractivity contribution in [2.24, 2.45) is 11.3 Å². The van der Waals surface area contributed by atoms with Crippen LogP contribution < -0.4 is 10.4 Å². The summed E-state index contributed by atoms with van der Waals surface area (Å²) < 4.78 is 0. The van der Waals surface area contributed by atoms with E-state index in [1.54, 1.807) is 50.0 Å². The third kappa shape index (κ3) is 2.67. The Bertz CT molecular complexity index is 1760. The van der Waals surface area contributed by atoms with Crippen molar-refractivity contribution in [2.75, 3.05) is 0 Å². The first kappa shape index (κ1) is 22.8. The van der Waals surface area contributed by atoms with Crippen LogP contribution in [0.25, 0.3) is 28.5 Å². The minimum absolute atomic E-state index is 0.0211. The normalized spacial score (nSPS) is 29.1. The molecule has 0 aliphatic heterocycles. The molecular formula is C38H38. The smallest absolute Gasteiger partial charge is 0.0485 e. The van der Waals surface area contributed by atoms with Crippen molar-refractivity contribution in [1.82, 2.24) is 0 Å². The summed E-state index contributed by atoms with van der Waals surface area (Å²) in [6.45, 7) is 11.9. The van der Waals surface area contributed by atoms with E-state index in [2.05, 4.69) is 82.0 Å². The maximum absolute atomic E-state index is 4.68. The van der Waals surface area contributed by atoms with Crippen molar-refractivity contribution in [1.29, 1.82) is 0 Å². The number of benzene rings is 2. The van der Waals surface area contributed by atoms with Gasteiger partial charge in [0, 0.05) is 5.41 Å². The monoisotopic (exact) mass is 494 g/mol. The molecule has 38 heavy (non-hydrogen) atoms. The Hall–Kier alpha value is -3.12. The fraction of sp³-hybridized carbons (Fsp3) is 0.368. The molecular weight excluding hydrogens is 456 g/mol. The van der Waals surface area contributed by atoms with Crippen LogP contribution in [0.5, 0.6) is 0 Å². The van der Waals surface area contributed by atoms with Gasteiger partial charge in [-0.05, 0) is 141 Å². The van der Waals surface area contributed by atoms with E-state index in [1.165, 1.54) is 46.2 Å². The fourth-order valence-corrected chi connectivity index (χ4v) is 9.46. The largest absolute Gasteiger partial charge is 0.0952 e. The van der Waals surface area contributed by atoms with Crippen LogP contribution in [-0.2, 0) is 0 Å². The van der Waals surface area contributed by atoms with E-state index in [0.29, 0.717) is 11.8 Å². The lowest BCUT2D eigenvalue weighted by Crippen LogP contribution is -2.30. The highest BCUT2D eigenvalue weighted by Gasteiger charge is 2.55. The molecule has 190 valence electrons. The van der Waals surface area contributed by atoms with Crippen molar-refractivity contribution in [2.45, 2.75) is 78.1 Å². The maximum atomic E-state index is 4.68. The van der Waals surface area contributed by atoms with E-state index in [4.69, 9.17) is 0 Å². The second-order valence-electron chi connectivity index (χ2n) is 12.5. The topological polar surface area (TPSA) is 0 Å². The van der Waals surface area contributed by atoms with Crippen LogP contribution in [0.2, 0.25) is 0 Å². The first-order valence-corrected chi connectivity index (χ1v) is 15.1. The zero-order valence-corrected chi connectivity index (χ0v) is 23.2. The molecule has 0 bridgehead atoms. The summed E-state index contributed by atoms with van der Waals surface area (Å²) in [6.07, 6.45) is 22.0. The van der Waals surface area contributed by atoms with Gasteiger partial charge in [0.05, 0.1) is 0 Å². The van der Waals surface area contributed by atoms with Gasteiger partial charge >= 0.3 is 0 Å². The molecule has 0 nitrogen and oxygen atoms in total. The van der Waals surface area contributed by atoms with E-state index in [0.717, 1.165) is 32.1 Å². The van der Waals surface area contributed by atoms with E-state index in [9.17, 15) is 0 Å². The van der Waals surface area contributed by atoms with Crippen LogP contribution in [0, 0.1) is 11.3 Å². The van der Waals surface area contributed by atoms with Crippen LogP contribution >= 0.6 is 0 Å². The standard InChI is InChI=1S/C38H38/c1-5-29-24(4)38(23(3)22(2)30-11-6-7-12-34(30)38)35-21-28(17-19-32(29)35)31-18-15-27-14-13-25-9-8-10-26-16-20-33(31)37(27)36(25)26/h7,9,12-15,18,20-21,23,26H,2,5-6,8,10-11,16-17,19H2,1,3-4H3. The van der Waals surface area contributed by atoms with Gasteiger partial charge in [-0.2, -0.15) is 0 Å². The van der Waals surface area contributed by atoms with E-state index in [1.807, 2.05) is 0 Å². The average Bonchev–Trinajstić information content (AvgIpc) is 3.35. The summed E-state index contributed by atoms with van der Waals surface area (Å²) in [4.78, 5) is 0. The molecule has 0 heteroatoms. The number of rotatable bonds is 2. The molecule has 0 N–H and O–H groups in total. The Balaban J connectivity index is 1.37. The number of hydrogen-bond acceptors (Lipinski definition) is 0. The van der Waals surface area contributed by atoms with Gasteiger partial charge in [-0.3, -0.25) is 0 Å². The minimum atomic E-state index is -0.0211. The first-order chi connectivity index (χ1) is 18.6. The molecule has 2 aromatic carbocycles.